The molecule has 0 aliphatic heterocycles. The molecule has 0 bridgehead atoms. The fourth-order valence-corrected chi connectivity index (χ4v) is 2.66. The van der Waals surface area contributed by atoms with Crippen molar-refractivity contribution in [2.24, 2.45) is 11.7 Å². The molecular weight excluding hydrogens is 258 g/mol. The number of rotatable bonds is 6. The number of thiazole rings is 1. The predicted molar refractivity (Wildman–Crippen MR) is 78.9 cm³/mol. The van der Waals surface area contributed by atoms with Crippen LogP contribution < -0.4 is 11.1 Å². The van der Waals surface area contributed by atoms with Crippen LogP contribution in [0.25, 0.3) is 10.2 Å². The van der Waals surface area contributed by atoms with E-state index >= 15 is 0 Å². The summed E-state index contributed by atoms with van der Waals surface area (Å²) in [4.78, 5) is 16.2. The molecule has 0 radical (unpaired) electrons. The van der Waals surface area contributed by atoms with Gasteiger partial charge in [0, 0.05) is 6.42 Å². The first kappa shape index (κ1) is 14.0. The van der Waals surface area contributed by atoms with Crippen LogP contribution in [0.5, 0.6) is 0 Å². The summed E-state index contributed by atoms with van der Waals surface area (Å²) < 4.78 is 1.16. The number of benzene rings is 1. The van der Waals surface area contributed by atoms with Crippen molar-refractivity contribution in [3.63, 3.8) is 0 Å². The minimum Gasteiger partial charge on any atom is -0.350 e. The quantitative estimate of drug-likeness (QED) is 0.851. The van der Waals surface area contributed by atoms with Gasteiger partial charge in [-0.1, -0.05) is 19.1 Å². The van der Waals surface area contributed by atoms with E-state index in [1.54, 1.807) is 11.3 Å². The fourth-order valence-electron chi connectivity index (χ4n) is 1.75. The average Bonchev–Trinajstić information content (AvgIpc) is 2.85. The Kier molecular flexibility index (Phi) is 4.87. The molecule has 1 aromatic carbocycles. The molecule has 2 rings (SSSR count). The minimum atomic E-state index is 0.0690. The maximum atomic E-state index is 11.7. The van der Waals surface area contributed by atoms with Crippen LogP contribution in [0.1, 0.15) is 24.8 Å². The lowest BCUT2D eigenvalue weighted by Gasteiger charge is -2.07. The Labute approximate surface area is 117 Å². The van der Waals surface area contributed by atoms with Gasteiger partial charge in [-0.15, -0.1) is 11.3 Å². The van der Waals surface area contributed by atoms with E-state index in [0.717, 1.165) is 21.6 Å². The molecule has 3 N–H and O–H groups in total. The maximum Gasteiger partial charge on any atom is 0.220 e. The van der Waals surface area contributed by atoms with Gasteiger partial charge in [0.05, 0.1) is 16.8 Å². The van der Waals surface area contributed by atoms with Gasteiger partial charge in [0.15, 0.2) is 0 Å². The molecule has 2 aromatic rings. The maximum absolute atomic E-state index is 11.7. The number of nitrogens with two attached hydrogens (primary N) is 1. The number of fused-ring (bicyclic) bond motifs is 1. The van der Waals surface area contributed by atoms with Gasteiger partial charge in [-0.25, -0.2) is 4.98 Å². The fraction of sp³-hybridized carbons (Fsp3) is 0.429. The standard InChI is InChI=1S/C14H19N3OS/c1-10(8-15)6-7-13(18)16-9-14-17-11-4-2-3-5-12(11)19-14/h2-5,10H,6-9,15H2,1H3,(H,16,18). The second-order valence-electron chi connectivity index (χ2n) is 4.73. The second-order valence-corrected chi connectivity index (χ2v) is 5.85. The molecule has 1 atom stereocenters. The van der Waals surface area contributed by atoms with E-state index in [9.17, 15) is 4.79 Å². The van der Waals surface area contributed by atoms with Crippen LogP contribution in [0.2, 0.25) is 0 Å². The molecule has 0 fully saturated rings. The normalized spacial score (nSPS) is 12.5. The van der Waals surface area contributed by atoms with Crippen molar-refractivity contribution < 1.29 is 4.79 Å². The number of aromatic nitrogens is 1. The molecule has 1 unspecified atom stereocenters. The van der Waals surface area contributed by atoms with E-state index in [1.165, 1.54) is 0 Å². The van der Waals surface area contributed by atoms with Gasteiger partial charge in [-0.3, -0.25) is 4.79 Å². The predicted octanol–water partition coefficient (Wildman–Crippen LogP) is 2.29. The summed E-state index contributed by atoms with van der Waals surface area (Å²) in [5, 5.41) is 3.85. The molecule has 0 aliphatic carbocycles. The van der Waals surface area contributed by atoms with Crippen molar-refractivity contribution in [3.05, 3.63) is 29.3 Å². The SMILES string of the molecule is CC(CN)CCC(=O)NCc1nc2ccccc2s1. The third-order valence-electron chi connectivity index (χ3n) is 3.04. The Morgan fingerprint density at radius 3 is 3.00 bits per heavy atom. The number of hydrogen-bond acceptors (Lipinski definition) is 4. The molecule has 0 aliphatic rings. The van der Waals surface area contributed by atoms with E-state index in [2.05, 4.69) is 17.2 Å². The molecule has 1 heterocycles. The van der Waals surface area contributed by atoms with Crippen LogP contribution in [0.3, 0.4) is 0 Å². The van der Waals surface area contributed by atoms with Crippen LogP contribution in [0.4, 0.5) is 0 Å². The molecular formula is C14H19N3OS. The lowest BCUT2D eigenvalue weighted by molar-refractivity contribution is -0.121. The molecule has 102 valence electrons. The molecule has 19 heavy (non-hydrogen) atoms. The highest BCUT2D eigenvalue weighted by molar-refractivity contribution is 7.18. The van der Waals surface area contributed by atoms with E-state index < -0.39 is 0 Å². The zero-order valence-electron chi connectivity index (χ0n) is 11.1. The Morgan fingerprint density at radius 2 is 2.26 bits per heavy atom. The van der Waals surface area contributed by atoms with Crippen molar-refractivity contribution in [2.45, 2.75) is 26.3 Å². The number of amides is 1. The lowest BCUT2D eigenvalue weighted by Crippen LogP contribution is -2.23. The second kappa shape index (κ2) is 6.63. The third kappa shape index (κ3) is 4.01. The molecule has 0 saturated heterocycles. The van der Waals surface area contributed by atoms with Gasteiger partial charge in [-0.05, 0) is 31.0 Å². The van der Waals surface area contributed by atoms with Gasteiger partial charge in [0.25, 0.3) is 0 Å². The van der Waals surface area contributed by atoms with Crippen LogP contribution in [0, 0.1) is 5.92 Å². The van der Waals surface area contributed by atoms with Gasteiger partial charge in [0.1, 0.15) is 5.01 Å². The van der Waals surface area contributed by atoms with Crippen molar-refractivity contribution in [2.75, 3.05) is 6.54 Å². The summed E-state index contributed by atoms with van der Waals surface area (Å²) in [6.45, 7) is 3.20. The van der Waals surface area contributed by atoms with Gasteiger partial charge < -0.3 is 11.1 Å². The molecule has 1 aromatic heterocycles. The summed E-state index contributed by atoms with van der Waals surface area (Å²) in [5.74, 6) is 0.466. The van der Waals surface area contributed by atoms with Crippen molar-refractivity contribution in [1.82, 2.24) is 10.3 Å². The summed E-state index contributed by atoms with van der Waals surface area (Å²) in [7, 11) is 0. The van der Waals surface area contributed by atoms with Crippen molar-refractivity contribution in [3.8, 4) is 0 Å². The number of nitrogens with zero attached hydrogens (tertiary/aromatic N) is 1. The van der Waals surface area contributed by atoms with Gasteiger partial charge >= 0.3 is 0 Å². The van der Waals surface area contributed by atoms with E-state index in [0.29, 0.717) is 25.4 Å². The highest BCUT2D eigenvalue weighted by Crippen LogP contribution is 2.21. The smallest absolute Gasteiger partial charge is 0.220 e. The Hall–Kier alpha value is -1.46. The first-order valence-electron chi connectivity index (χ1n) is 6.50. The summed E-state index contributed by atoms with van der Waals surface area (Å²) in [6.07, 6.45) is 1.37. The summed E-state index contributed by atoms with van der Waals surface area (Å²) in [5.41, 5.74) is 6.52. The highest BCUT2D eigenvalue weighted by Gasteiger charge is 2.07. The highest BCUT2D eigenvalue weighted by atomic mass is 32.1. The number of para-hydroxylation sites is 1. The zero-order valence-corrected chi connectivity index (χ0v) is 11.9. The van der Waals surface area contributed by atoms with Crippen LogP contribution >= 0.6 is 11.3 Å². The molecule has 1 amide bonds. The Bertz CT molecular complexity index is 519. The number of nitrogens with one attached hydrogen (secondary N) is 1. The first-order chi connectivity index (χ1) is 9.19. The van der Waals surface area contributed by atoms with Crippen LogP contribution in [-0.4, -0.2) is 17.4 Å². The van der Waals surface area contributed by atoms with Crippen LogP contribution in [-0.2, 0) is 11.3 Å². The topological polar surface area (TPSA) is 68.0 Å². The number of carbonyl (C=O) groups is 1. The summed E-state index contributed by atoms with van der Waals surface area (Å²) in [6, 6.07) is 8.00. The van der Waals surface area contributed by atoms with Gasteiger partial charge in [0.2, 0.25) is 5.91 Å². The zero-order chi connectivity index (χ0) is 13.7. The molecule has 5 heteroatoms. The molecule has 0 saturated carbocycles. The van der Waals surface area contributed by atoms with E-state index in [4.69, 9.17) is 5.73 Å². The van der Waals surface area contributed by atoms with E-state index in [-0.39, 0.29) is 5.91 Å². The summed E-state index contributed by atoms with van der Waals surface area (Å²) >= 11 is 1.62. The first-order valence-corrected chi connectivity index (χ1v) is 7.32. The van der Waals surface area contributed by atoms with Gasteiger partial charge in [-0.2, -0.15) is 0 Å². The van der Waals surface area contributed by atoms with Crippen molar-refractivity contribution >= 4 is 27.5 Å². The number of hydrogen-bond donors (Lipinski definition) is 2. The largest absolute Gasteiger partial charge is 0.350 e. The lowest BCUT2D eigenvalue weighted by atomic mass is 10.1. The minimum absolute atomic E-state index is 0.0690. The molecule has 4 nitrogen and oxygen atoms in total. The monoisotopic (exact) mass is 277 g/mol. The average molecular weight is 277 g/mol. The molecule has 0 spiro atoms. The van der Waals surface area contributed by atoms with Crippen LogP contribution in [0.15, 0.2) is 24.3 Å². The third-order valence-corrected chi connectivity index (χ3v) is 4.08. The Morgan fingerprint density at radius 1 is 1.47 bits per heavy atom. The number of carbonyl (C=O) groups excluding carboxylic acids is 1. The van der Waals surface area contributed by atoms with E-state index in [1.807, 2.05) is 24.3 Å². The van der Waals surface area contributed by atoms with Crippen molar-refractivity contribution in [1.29, 1.82) is 0 Å². The Balaban J connectivity index is 1.83.